The Morgan fingerprint density at radius 1 is 1.14 bits per heavy atom. The topological polar surface area (TPSA) is 66.9 Å². The number of hydrogen-bond acceptors (Lipinski definition) is 6. The number of aromatic nitrogens is 1. The highest BCUT2D eigenvalue weighted by molar-refractivity contribution is 5.93. The molecule has 1 aromatic heterocycles. The van der Waals surface area contributed by atoms with Gasteiger partial charge < -0.3 is 24.6 Å². The van der Waals surface area contributed by atoms with Gasteiger partial charge in [0.25, 0.3) is 5.91 Å². The Balaban J connectivity index is 1.34. The van der Waals surface area contributed by atoms with Crippen molar-refractivity contribution in [1.29, 1.82) is 0 Å². The molecule has 28 heavy (non-hydrogen) atoms. The lowest BCUT2D eigenvalue weighted by molar-refractivity contribution is -0.124. The third-order valence-electron chi connectivity index (χ3n) is 5.29. The molecule has 0 saturated carbocycles. The minimum absolute atomic E-state index is 0.108. The van der Waals surface area contributed by atoms with Gasteiger partial charge in [-0.05, 0) is 37.1 Å². The fourth-order valence-electron chi connectivity index (χ4n) is 3.73. The number of piperazine rings is 1. The van der Waals surface area contributed by atoms with Crippen LogP contribution in [0.2, 0.25) is 0 Å². The van der Waals surface area contributed by atoms with Crippen LogP contribution in [0.25, 0.3) is 0 Å². The van der Waals surface area contributed by atoms with Crippen LogP contribution in [-0.2, 0) is 9.53 Å². The zero-order chi connectivity index (χ0) is 19.3. The molecular formula is C21H26N4O3. The highest BCUT2D eigenvalue weighted by Crippen LogP contribution is 2.29. The zero-order valence-corrected chi connectivity index (χ0v) is 16.1. The van der Waals surface area contributed by atoms with Crippen molar-refractivity contribution in [2.75, 3.05) is 55.0 Å². The molecule has 0 radical (unpaired) electrons. The Kier molecular flexibility index (Phi) is 5.62. The molecule has 0 aliphatic carbocycles. The number of rotatable bonds is 5. The standard InChI is InChI=1S/C21H26N4O3/c1-27-18-6-3-2-5-17(18)25-12-10-24(11-13-25)16-8-9-20(22-15-16)23-21(26)19-7-4-14-28-19/h2-3,5-6,8-9,15,19H,4,7,10-14H2,1H3,(H,22,23,26). The third-order valence-corrected chi connectivity index (χ3v) is 5.29. The minimum Gasteiger partial charge on any atom is -0.495 e. The van der Waals surface area contributed by atoms with Crippen LogP contribution in [0, 0.1) is 0 Å². The summed E-state index contributed by atoms with van der Waals surface area (Å²) in [6.07, 6.45) is 3.19. The van der Waals surface area contributed by atoms with Gasteiger partial charge in [-0.2, -0.15) is 0 Å². The molecule has 2 saturated heterocycles. The lowest BCUT2D eigenvalue weighted by Gasteiger charge is -2.37. The van der Waals surface area contributed by atoms with Gasteiger partial charge in [-0.15, -0.1) is 0 Å². The lowest BCUT2D eigenvalue weighted by atomic mass is 10.2. The Hall–Kier alpha value is -2.80. The number of nitrogens with one attached hydrogen (secondary N) is 1. The van der Waals surface area contributed by atoms with Crippen LogP contribution >= 0.6 is 0 Å². The van der Waals surface area contributed by atoms with E-state index in [-0.39, 0.29) is 12.0 Å². The first-order chi connectivity index (χ1) is 13.7. The molecule has 2 fully saturated rings. The van der Waals surface area contributed by atoms with Gasteiger partial charge in [0.1, 0.15) is 17.7 Å². The Bertz CT molecular complexity index is 798. The Labute approximate surface area is 165 Å². The van der Waals surface area contributed by atoms with Crippen LogP contribution < -0.4 is 19.9 Å². The van der Waals surface area contributed by atoms with Crippen LogP contribution in [0.4, 0.5) is 17.2 Å². The molecule has 3 heterocycles. The van der Waals surface area contributed by atoms with E-state index in [0.29, 0.717) is 12.4 Å². The van der Waals surface area contributed by atoms with E-state index in [4.69, 9.17) is 9.47 Å². The second-order valence-electron chi connectivity index (χ2n) is 7.04. The van der Waals surface area contributed by atoms with Crippen molar-refractivity contribution in [2.45, 2.75) is 18.9 Å². The van der Waals surface area contributed by atoms with E-state index >= 15 is 0 Å². The minimum atomic E-state index is -0.343. The molecule has 148 valence electrons. The molecular weight excluding hydrogens is 356 g/mol. The number of methoxy groups -OCH3 is 1. The second-order valence-corrected chi connectivity index (χ2v) is 7.04. The monoisotopic (exact) mass is 382 g/mol. The summed E-state index contributed by atoms with van der Waals surface area (Å²) in [7, 11) is 1.71. The van der Waals surface area contributed by atoms with Gasteiger partial charge in [0.05, 0.1) is 24.7 Å². The average Bonchev–Trinajstić information content (AvgIpc) is 3.30. The van der Waals surface area contributed by atoms with Crippen LogP contribution in [0.15, 0.2) is 42.6 Å². The maximum absolute atomic E-state index is 12.1. The smallest absolute Gasteiger partial charge is 0.254 e. The molecule has 7 heteroatoms. The van der Waals surface area contributed by atoms with E-state index in [9.17, 15) is 4.79 Å². The van der Waals surface area contributed by atoms with Crippen molar-refractivity contribution < 1.29 is 14.3 Å². The summed E-state index contributed by atoms with van der Waals surface area (Å²) in [6, 6.07) is 12.0. The zero-order valence-electron chi connectivity index (χ0n) is 16.1. The quantitative estimate of drug-likeness (QED) is 0.857. The Morgan fingerprint density at radius 2 is 1.93 bits per heavy atom. The average molecular weight is 382 g/mol. The number of para-hydroxylation sites is 2. The fourth-order valence-corrected chi connectivity index (χ4v) is 3.73. The summed E-state index contributed by atoms with van der Waals surface area (Å²) in [4.78, 5) is 21.2. The van der Waals surface area contributed by atoms with Crippen molar-refractivity contribution in [3.63, 3.8) is 0 Å². The number of carbonyl (C=O) groups is 1. The van der Waals surface area contributed by atoms with Gasteiger partial charge >= 0.3 is 0 Å². The van der Waals surface area contributed by atoms with Gasteiger partial charge in [0.2, 0.25) is 0 Å². The van der Waals surface area contributed by atoms with Gasteiger partial charge in [-0.3, -0.25) is 4.79 Å². The maximum atomic E-state index is 12.1. The van der Waals surface area contributed by atoms with Gasteiger partial charge in [0.15, 0.2) is 0 Å². The molecule has 1 atom stereocenters. The molecule has 7 nitrogen and oxygen atoms in total. The first-order valence-corrected chi connectivity index (χ1v) is 9.76. The number of benzene rings is 1. The maximum Gasteiger partial charge on any atom is 0.254 e. The summed E-state index contributed by atoms with van der Waals surface area (Å²) < 4.78 is 10.9. The fraction of sp³-hybridized carbons (Fsp3) is 0.429. The number of ether oxygens (including phenoxy) is 2. The van der Waals surface area contributed by atoms with E-state index in [1.165, 1.54) is 0 Å². The number of carbonyl (C=O) groups excluding carboxylic acids is 1. The summed E-state index contributed by atoms with van der Waals surface area (Å²) >= 11 is 0. The molecule has 1 amide bonds. The van der Waals surface area contributed by atoms with E-state index in [1.807, 2.05) is 36.5 Å². The molecule has 2 aromatic rings. The van der Waals surface area contributed by atoms with E-state index in [2.05, 4.69) is 26.2 Å². The number of anilines is 3. The van der Waals surface area contributed by atoms with Crippen LogP contribution in [0.3, 0.4) is 0 Å². The van der Waals surface area contributed by atoms with Crippen LogP contribution in [0.5, 0.6) is 5.75 Å². The van der Waals surface area contributed by atoms with E-state index < -0.39 is 0 Å². The highest BCUT2D eigenvalue weighted by Gasteiger charge is 2.24. The summed E-state index contributed by atoms with van der Waals surface area (Å²) in [5.41, 5.74) is 2.20. The van der Waals surface area contributed by atoms with Gasteiger partial charge in [0, 0.05) is 32.8 Å². The summed E-state index contributed by atoms with van der Waals surface area (Å²) in [5, 5.41) is 2.84. The van der Waals surface area contributed by atoms with Gasteiger partial charge in [-0.1, -0.05) is 12.1 Å². The first kappa shape index (κ1) is 18.6. The largest absolute Gasteiger partial charge is 0.495 e. The van der Waals surface area contributed by atoms with Crippen molar-refractivity contribution >= 4 is 23.1 Å². The summed E-state index contributed by atoms with van der Waals surface area (Å²) in [5.74, 6) is 1.36. The van der Waals surface area contributed by atoms with E-state index in [0.717, 1.165) is 56.1 Å². The second kappa shape index (κ2) is 8.48. The van der Waals surface area contributed by atoms with Gasteiger partial charge in [-0.25, -0.2) is 4.98 Å². The van der Waals surface area contributed by atoms with Crippen LogP contribution in [-0.4, -0.2) is 56.9 Å². The number of amides is 1. The van der Waals surface area contributed by atoms with Crippen molar-refractivity contribution in [1.82, 2.24) is 4.98 Å². The van der Waals surface area contributed by atoms with Crippen molar-refractivity contribution in [3.8, 4) is 5.75 Å². The highest BCUT2D eigenvalue weighted by atomic mass is 16.5. The molecule has 0 bridgehead atoms. The normalized spacial score (nSPS) is 19.5. The van der Waals surface area contributed by atoms with Crippen molar-refractivity contribution in [3.05, 3.63) is 42.6 Å². The Morgan fingerprint density at radius 3 is 2.61 bits per heavy atom. The third kappa shape index (κ3) is 4.04. The predicted molar refractivity (Wildman–Crippen MR) is 109 cm³/mol. The summed E-state index contributed by atoms with van der Waals surface area (Å²) in [6.45, 7) is 4.30. The molecule has 1 N–H and O–H groups in total. The molecule has 2 aliphatic rings. The molecule has 1 aromatic carbocycles. The molecule has 0 spiro atoms. The van der Waals surface area contributed by atoms with Crippen molar-refractivity contribution in [2.24, 2.45) is 0 Å². The van der Waals surface area contributed by atoms with E-state index in [1.54, 1.807) is 7.11 Å². The predicted octanol–water partition coefficient (Wildman–Crippen LogP) is 2.53. The molecule has 4 rings (SSSR count). The number of pyridine rings is 1. The van der Waals surface area contributed by atoms with Crippen LogP contribution in [0.1, 0.15) is 12.8 Å². The number of nitrogens with zero attached hydrogens (tertiary/aromatic N) is 3. The SMILES string of the molecule is COc1ccccc1N1CCN(c2ccc(NC(=O)C3CCCO3)nc2)CC1. The number of hydrogen-bond donors (Lipinski definition) is 1. The molecule has 2 aliphatic heterocycles. The lowest BCUT2D eigenvalue weighted by Crippen LogP contribution is -2.46. The first-order valence-electron chi connectivity index (χ1n) is 9.76. The molecule has 1 unspecified atom stereocenters.